The number of anilines is 1. The highest BCUT2D eigenvalue weighted by atomic mass is 16.5. The Labute approximate surface area is 122 Å². The van der Waals surface area contributed by atoms with E-state index in [-0.39, 0.29) is 12.2 Å². The standard InChI is InChI=1S/C16H27N3O/c1-12(2)8-17-9-15-6-5-7-18-16(15)19-10-13(3)20-14(4)11-19/h5-7,12-14,17H,8-11H2,1-4H3. The molecule has 2 heterocycles. The molecule has 0 spiro atoms. The molecule has 0 aromatic carbocycles. The second-order valence-corrected chi connectivity index (χ2v) is 6.17. The molecule has 2 unspecified atom stereocenters. The van der Waals surface area contributed by atoms with Gasteiger partial charge in [-0.3, -0.25) is 0 Å². The SMILES string of the molecule is CC(C)CNCc1cccnc1N1CC(C)OC(C)C1. The topological polar surface area (TPSA) is 37.4 Å². The van der Waals surface area contributed by atoms with Crippen molar-refractivity contribution in [3.8, 4) is 0 Å². The van der Waals surface area contributed by atoms with Crippen LogP contribution in [0.15, 0.2) is 18.3 Å². The molecule has 1 aromatic heterocycles. The summed E-state index contributed by atoms with van der Waals surface area (Å²) in [6.45, 7) is 12.4. The smallest absolute Gasteiger partial charge is 0.133 e. The van der Waals surface area contributed by atoms with Crippen LogP contribution in [0.5, 0.6) is 0 Å². The molecule has 112 valence electrons. The van der Waals surface area contributed by atoms with Crippen molar-refractivity contribution in [3.63, 3.8) is 0 Å². The average molecular weight is 277 g/mol. The molecule has 1 aromatic rings. The van der Waals surface area contributed by atoms with Crippen molar-refractivity contribution in [1.29, 1.82) is 0 Å². The number of nitrogens with one attached hydrogen (secondary N) is 1. The average Bonchev–Trinajstić information content (AvgIpc) is 2.37. The fraction of sp³-hybridized carbons (Fsp3) is 0.688. The molecule has 2 rings (SSSR count). The molecule has 4 nitrogen and oxygen atoms in total. The second-order valence-electron chi connectivity index (χ2n) is 6.17. The zero-order valence-corrected chi connectivity index (χ0v) is 13.1. The van der Waals surface area contributed by atoms with Crippen molar-refractivity contribution >= 4 is 5.82 Å². The lowest BCUT2D eigenvalue weighted by Crippen LogP contribution is -2.46. The van der Waals surface area contributed by atoms with Crippen LogP contribution in [0.25, 0.3) is 0 Å². The van der Waals surface area contributed by atoms with Gasteiger partial charge in [-0.2, -0.15) is 0 Å². The molecule has 2 atom stereocenters. The molecule has 1 N–H and O–H groups in total. The lowest BCUT2D eigenvalue weighted by molar-refractivity contribution is -0.00551. The first-order valence-electron chi connectivity index (χ1n) is 7.61. The Bertz CT molecular complexity index is 412. The van der Waals surface area contributed by atoms with Gasteiger partial charge in [-0.15, -0.1) is 0 Å². The molecule has 0 bridgehead atoms. The molecular formula is C16H27N3O. The van der Waals surface area contributed by atoms with Crippen LogP contribution < -0.4 is 10.2 Å². The molecule has 0 saturated carbocycles. The molecule has 1 fully saturated rings. The quantitative estimate of drug-likeness (QED) is 0.897. The van der Waals surface area contributed by atoms with Gasteiger partial charge in [-0.25, -0.2) is 4.98 Å². The summed E-state index contributed by atoms with van der Waals surface area (Å²) in [6.07, 6.45) is 2.40. The Kier molecular flexibility index (Phi) is 5.38. The van der Waals surface area contributed by atoms with Gasteiger partial charge in [0.05, 0.1) is 12.2 Å². The van der Waals surface area contributed by atoms with Gasteiger partial charge in [0.1, 0.15) is 5.82 Å². The highest BCUT2D eigenvalue weighted by Gasteiger charge is 2.24. The van der Waals surface area contributed by atoms with E-state index in [4.69, 9.17) is 4.74 Å². The van der Waals surface area contributed by atoms with Gasteiger partial charge in [-0.1, -0.05) is 19.9 Å². The number of rotatable bonds is 5. The highest BCUT2D eigenvalue weighted by Crippen LogP contribution is 2.22. The van der Waals surface area contributed by atoms with Gasteiger partial charge < -0.3 is 15.0 Å². The summed E-state index contributed by atoms with van der Waals surface area (Å²) < 4.78 is 5.81. The van der Waals surface area contributed by atoms with Gasteiger partial charge in [-0.05, 0) is 32.4 Å². The van der Waals surface area contributed by atoms with E-state index >= 15 is 0 Å². The third-order valence-electron chi connectivity index (χ3n) is 3.45. The maximum Gasteiger partial charge on any atom is 0.133 e. The molecule has 0 radical (unpaired) electrons. The van der Waals surface area contributed by atoms with Gasteiger partial charge in [0, 0.05) is 31.4 Å². The molecule has 0 amide bonds. The first-order chi connectivity index (χ1) is 9.56. The monoisotopic (exact) mass is 277 g/mol. The Morgan fingerprint density at radius 1 is 1.35 bits per heavy atom. The molecule has 1 aliphatic rings. The van der Waals surface area contributed by atoms with Crippen LogP contribution in [0.4, 0.5) is 5.82 Å². The predicted molar refractivity (Wildman–Crippen MR) is 83.0 cm³/mol. The number of hydrogen-bond donors (Lipinski definition) is 1. The van der Waals surface area contributed by atoms with E-state index in [0.717, 1.165) is 32.0 Å². The van der Waals surface area contributed by atoms with Crippen molar-refractivity contribution in [2.24, 2.45) is 5.92 Å². The maximum atomic E-state index is 5.81. The van der Waals surface area contributed by atoms with Crippen LogP contribution in [-0.4, -0.2) is 36.8 Å². The van der Waals surface area contributed by atoms with E-state index in [1.54, 1.807) is 0 Å². The van der Waals surface area contributed by atoms with Crippen LogP contribution in [0.1, 0.15) is 33.3 Å². The van der Waals surface area contributed by atoms with E-state index in [1.165, 1.54) is 5.56 Å². The van der Waals surface area contributed by atoms with Crippen LogP contribution in [0.2, 0.25) is 0 Å². The minimum absolute atomic E-state index is 0.261. The van der Waals surface area contributed by atoms with Gasteiger partial charge in [0.2, 0.25) is 0 Å². The maximum absolute atomic E-state index is 5.81. The highest BCUT2D eigenvalue weighted by molar-refractivity contribution is 5.47. The summed E-state index contributed by atoms with van der Waals surface area (Å²) in [5, 5.41) is 3.51. The summed E-state index contributed by atoms with van der Waals surface area (Å²) in [4.78, 5) is 6.95. The number of aromatic nitrogens is 1. The molecular weight excluding hydrogens is 250 g/mol. The van der Waals surface area contributed by atoms with Gasteiger partial charge in [0.15, 0.2) is 0 Å². The summed E-state index contributed by atoms with van der Waals surface area (Å²) in [6, 6.07) is 4.18. The first-order valence-corrected chi connectivity index (χ1v) is 7.61. The van der Waals surface area contributed by atoms with E-state index in [1.807, 2.05) is 12.3 Å². The largest absolute Gasteiger partial charge is 0.372 e. The van der Waals surface area contributed by atoms with E-state index < -0.39 is 0 Å². The van der Waals surface area contributed by atoms with E-state index in [0.29, 0.717) is 5.92 Å². The van der Waals surface area contributed by atoms with E-state index in [2.05, 4.69) is 49.0 Å². The second kappa shape index (κ2) is 7.04. The number of ether oxygens (including phenoxy) is 1. The Morgan fingerprint density at radius 3 is 2.70 bits per heavy atom. The molecule has 1 saturated heterocycles. The molecule has 20 heavy (non-hydrogen) atoms. The zero-order chi connectivity index (χ0) is 14.5. The fourth-order valence-electron chi connectivity index (χ4n) is 2.70. The molecule has 4 heteroatoms. The van der Waals surface area contributed by atoms with Gasteiger partial charge in [0.25, 0.3) is 0 Å². The Hall–Kier alpha value is -1.13. The number of nitrogens with zero attached hydrogens (tertiary/aromatic N) is 2. The number of pyridine rings is 1. The lowest BCUT2D eigenvalue weighted by atomic mass is 10.1. The van der Waals surface area contributed by atoms with Crippen LogP contribution in [0, 0.1) is 5.92 Å². The van der Waals surface area contributed by atoms with Crippen LogP contribution in [-0.2, 0) is 11.3 Å². The number of morpholine rings is 1. The van der Waals surface area contributed by atoms with Crippen LogP contribution in [0.3, 0.4) is 0 Å². The summed E-state index contributed by atoms with van der Waals surface area (Å²) in [5.74, 6) is 1.77. The Morgan fingerprint density at radius 2 is 2.05 bits per heavy atom. The van der Waals surface area contributed by atoms with E-state index in [9.17, 15) is 0 Å². The van der Waals surface area contributed by atoms with Crippen molar-refractivity contribution in [3.05, 3.63) is 23.9 Å². The normalized spacial score (nSPS) is 23.4. The summed E-state index contributed by atoms with van der Waals surface area (Å²) in [7, 11) is 0. The summed E-state index contributed by atoms with van der Waals surface area (Å²) >= 11 is 0. The zero-order valence-electron chi connectivity index (χ0n) is 13.1. The van der Waals surface area contributed by atoms with Crippen molar-refractivity contribution in [1.82, 2.24) is 10.3 Å². The fourth-order valence-corrected chi connectivity index (χ4v) is 2.70. The summed E-state index contributed by atoms with van der Waals surface area (Å²) in [5.41, 5.74) is 1.27. The molecule has 1 aliphatic heterocycles. The van der Waals surface area contributed by atoms with Crippen molar-refractivity contribution < 1.29 is 4.74 Å². The lowest BCUT2D eigenvalue weighted by Gasteiger charge is -2.37. The number of hydrogen-bond acceptors (Lipinski definition) is 4. The third-order valence-corrected chi connectivity index (χ3v) is 3.45. The minimum Gasteiger partial charge on any atom is -0.372 e. The Balaban J connectivity index is 2.06. The van der Waals surface area contributed by atoms with Crippen molar-refractivity contribution in [2.45, 2.75) is 46.4 Å². The van der Waals surface area contributed by atoms with Gasteiger partial charge >= 0.3 is 0 Å². The van der Waals surface area contributed by atoms with Crippen LogP contribution >= 0.6 is 0 Å². The third kappa shape index (κ3) is 4.18. The first kappa shape index (κ1) is 15.3. The minimum atomic E-state index is 0.261. The molecule has 0 aliphatic carbocycles. The van der Waals surface area contributed by atoms with Crippen molar-refractivity contribution in [2.75, 3.05) is 24.5 Å². The predicted octanol–water partition coefficient (Wildman–Crippen LogP) is 2.44.